The number of rotatable bonds is 0. The van der Waals surface area contributed by atoms with Crippen molar-refractivity contribution < 1.29 is 0 Å². The van der Waals surface area contributed by atoms with E-state index in [4.69, 9.17) is 0 Å². The molecule has 0 radical (unpaired) electrons. The van der Waals surface area contributed by atoms with Crippen LogP contribution in [0.2, 0.25) is 0 Å². The molecule has 0 aromatic heterocycles. The van der Waals surface area contributed by atoms with Gasteiger partial charge in [0.2, 0.25) is 0 Å². The van der Waals surface area contributed by atoms with Gasteiger partial charge in [0.25, 0.3) is 0 Å². The highest BCUT2D eigenvalue weighted by atomic mass is 14.2. The van der Waals surface area contributed by atoms with Crippen molar-refractivity contribution in [1.82, 2.24) is 0 Å². The van der Waals surface area contributed by atoms with Gasteiger partial charge in [-0.05, 0) is 5.92 Å². The van der Waals surface area contributed by atoms with E-state index in [1.54, 1.807) is 0 Å². The first-order valence-corrected chi connectivity index (χ1v) is 22.9. The lowest BCUT2D eigenvalue weighted by Crippen LogP contribution is -1.42. The molecule has 1 aliphatic carbocycles. The summed E-state index contributed by atoms with van der Waals surface area (Å²) < 4.78 is 0. The Morgan fingerprint density at radius 1 is 0.133 bits per heavy atom. The maximum atomic E-state index is 2.28. The second kappa shape index (κ2) is 7940. The van der Waals surface area contributed by atoms with Crippen LogP contribution in [0.3, 0.4) is 0 Å². The highest BCUT2D eigenvalue weighted by Gasteiger charge is 2.12. The molecule has 1 aliphatic rings. The van der Waals surface area contributed by atoms with E-state index in [1.807, 2.05) is 291 Å². The normalized spacial score (nSPS) is 3.85. The highest BCUT2D eigenvalue weighted by Crippen LogP contribution is 2.26. The van der Waals surface area contributed by atoms with Gasteiger partial charge < -0.3 is 0 Å². The summed E-state index contributed by atoms with van der Waals surface area (Å²) in [4.78, 5) is 0. The van der Waals surface area contributed by atoms with E-state index in [0.29, 0.717) is 0 Å². The monoisotopic (exact) mass is 911 g/mol. The van der Waals surface area contributed by atoms with Crippen LogP contribution in [0.15, 0.2) is 0 Å². The van der Waals surface area contributed by atoms with Crippen molar-refractivity contribution in [3.8, 4) is 0 Å². The van der Waals surface area contributed by atoms with Crippen molar-refractivity contribution in [2.24, 2.45) is 5.92 Å². The van der Waals surface area contributed by atoms with E-state index in [1.165, 1.54) is 12.8 Å². The van der Waals surface area contributed by atoms with Crippen molar-refractivity contribution in [2.45, 2.75) is 415 Å². The summed E-state index contributed by atoms with van der Waals surface area (Å²) >= 11 is 0. The summed E-state index contributed by atoms with van der Waals surface area (Å²) in [6, 6.07) is 0. The molecule has 0 heterocycles. The van der Waals surface area contributed by atoms with E-state index in [0.717, 1.165) is 5.92 Å². The Kier molecular flexibility index (Phi) is 44200. The molecule has 0 N–H and O–H groups in total. The van der Waals surface area contributed by atoms with Gasteiger partial charge in [-0.25, -0.2) is 0 Å². The average Bonchev–Trinajstić information content (AvgIpc) is 4.09. The molecular formula is C60H190. The Morgan fingerprint density at radius 3 is 0.150 bits per heavy atom. The van der Waals surface area contributed by atoms with E-state index in [2.05, 4.69) is 6.92 Å². The lowest BCUT2D eigenvalue weighted by atomic mass is 10.5. The molecule has 0 aliphatic heterocycles. The van der Waals surface area contributed by atoms with Crippen LogP contribution < -0.4 is 0 Å². The van der Waals surface area contributed by atoms with Gasteiger partial charge in [0, 0.05) is 0 Å². The molecule has 60 heavy (non-hydrogen) atoms. The summed E-state index contributed by atoms with van der Waals surface area (Å²) in [7, 11) is 0. The second-order valence-corrected chi connectivity index (χ2v) is 1.68. The summed E-state index contributed by atoms with van der Waals surface area (Å²) in [5.41, 5.74) is 0. The van der Waals surface area contributed by atoms with Gasteiger partial charge >= 0.3 is 0 Å². The maximum Gasteiger partial charge on any atom is -0.0443 e. The lowest BCUT2D eigenvalue weighted by molar-refractivity contribution is 0.983. The van der Waals surface area contributed by atoms with Gasteiger partial charge in [0.15, 0.2) is 0 Å². The first-order valence-electron chi connectivity index (χ1n) is 22.9. The Hall–Kier alpha value is 0. The Balaban J connectivity index is -0.00000000328. The quantitative estimate of drug-likeness (QED) is 0.227. The molecule has 0 heteroatoms. The van der Waals surface area contributed by atoms with Crippen molar-refractivity contribution in [3.63, 3.8) is 0 Å². The van der Waals surface area contributed by atoms with E-state index < -0.39 is 0 Å². The fraction of sp³-hybridized carbons (Fsp3) is 1.00. The standard InChI is InChI=1S/C4H8.21C2H6.14CH4/c1-4-2-3-4;21*1-2;;;;;;;;;;;;;;/h4H,2-3H2,1H3;21*1-2H3;14*1H4. The maximum absolute atomic E-state index is 2.28. The molecule has 430 valence electrons. The van der Waals surface area contributed by atoms with Crippen molar-refractivity contribution in [3.05, 3.63) is 0 Å². The third-order valence-electron chi connectivity index (χ3n) is 0.866. The van der Waals surface area contributed by atoms with E-state index in [9.17, 15) is 0 Å². The van der Waals surface area contributed by atoms with Gasteiger partial charge in [-0.15, -0.1) is 0 Å². The minimum atomic E-state index is 0. The molecule has 0 spiro atoms. The molecule has 1 fully saturated rings. The smallest absolute Gasteiger partial charge is 0.0443 e. The third-order valence-corrected chi connectivity index (χ3v) is 0.866. The number of hydrogen-bond acceptors (Lipinski definition) is 0. The molecule has 0 atom stereocenters. The lowest BCUT2D eigenvalue weighted by Gasteiger charge is -1.53. The Bertz CT molecular complexity index is 19.2. The molecule has 0 aromatic carbocycles. The zero-order valence-corrected chi connectivity index (χ0v) is 45.0. The van der Waals surface area contributed by atoms with Crippen LogP contribution in [0.1, 0.15) is 415 Å². The van der Waals surface area contributed by atoms with E-state index in [-0.39, 0.29) is 104 Å². The molecule has 0 amide bonds. The summed E-state index contributed by atoms with van der Waals surface area (Å²) in [5, 5.41) is 0. The Morgan fingerprint density at radius 2 is 0.150 bits per heavy atom. The van der Waals surface area contributed by atoms with Crippen LogP contribution in [-0.2, 0) is 0 Å². The molecule has 0 aromatic rings. The average molecular weight is 912 g/mol. The fourth-order valence-corrected chi connectivity index (χ4v) is 0.167. The van der Waals surface area contributed by atoms with Crippen LogP contribution in [0.5, 0.6) is 0 Å². The van der Waals surface area contributed by atoms with Crippen LogP contribution in [0.25, 0.3) is 0 Å². The minimum absolute atomic E-state index is 0. The van der Waals surface area contributed by atoms with Gasteiger partial charge in [-0.2, -0.15) is 0 Å². The van der Waals surface area contributed by atoms with Crippen molar-refractivity contribution >= 4 is 0 Å². The number of hydrogen-bond donors (Lipinski definition) is 0. The molecule has 0 nitrogen and oxygen atoms in total. The highest BCUT2D eigenvalue weighted by molar-refractivity contribution is 4.65. The fourth-order valence-electron chi connectivity index (χ4n) is 0.167. The van der Waals surface area contributed by atoms with Crippen molar-refractivity contribution in [2.75, 3.05) is 0 Å². The molecular weight excluding hydrogens is 721 g/mol. The SMILES string of the molecule is C.C.C.C.C.C.C.C.C.C.C.C.C.C.CC.CC.CC.CC.CC.CC.CC.CC.CC.CC.CC.CC.CC.CC.CC.CC.CC.CC.CC.CC.CC.CC1CC1. The van der Waals surface area contributed by atoms with Crippen LogP contribution in [0, 0.1) is 5.92 Å². The predicted molar refractivity (Wildman–Crippen MR) is 351 cm³/mol. The first kappa shape index (κ1) is 334. The molecule has 1 rings (SSSR count). The minimum Gasteiger partial charge on any atom is -0.0776 e. The van der Waals surface area contributed by atoms with Gasteiger partial charge in [-0.1, -0.05) is 415 Å². The van der Waals surface area contributed by atoms with Gasteiger partial charge in [0.1, 0.15) is 0 Å². The molecule has 1 saturated carbocycles. The summed E-state index contributed by atoms with van der Waals surface area (Å²) in [6.45, 7) is 86.3. The van der Waals surface area contributed by atoms with Gasteiger partial charge in [0.05, 0.1) is 0 Å². The summed E-state index contributed by atoms with van der Waals surface area (Å²) in [5.74, 6) is 1.08. The molecule has 0 saturated heterocycles. The largest absolute Gasteiger partial charge is 0.0776 e. The van der Waals surface area contributed by atoms with Crippen molar-refractivity contribution in [1.29, 1.82) is 0 Å². The van der Waals surface area contributed by atoms with Crippen LogP contribution in [-0.4, -0.2) is 0 Å². The zero-order chi connectivity index (χ0) is 45.0. The van der Waals surface area contributed by atoms with Crippen LogP contribution >= 0.6 is 0 Å². The molecule has 0 unspecified atom stereocenters. The summed E-state index contributed by atoms with van der Waals surface area (Å²) in [6.07, 6.45) is 2.97. The predicted octanol–water partition coefficient (Wildman–Crippen LogP) is 31.9. The second-order valence-electron chi connectivity index (χ2n) is 1.68. The van der Waals surface area contributed by atoms with E-state index >= 15 is 0 Å². The first-order chi connectivity index (χ1) is 22.9. The zero-order valence-electron chi connectivity index (χ0n) is 45.0. The van der Waals surface area contributed by atoms with Crippen LogP contribution in [0.4, 0.5) is 0 Å². The Labute approximate surface area is 418 Å². The third kappa shape index (κ3) is 20900. The van der Waals surface area contributed by atoms with Gasteiger partial charge in [-0.3, -0.25) is 0 Å². The molecule has 0 bridgehead atoms. The topological polar surface area (TPSA) is 0 Å².